The zero-order valence-electron chi connectivity index (χ0n) is 24.6. The average Bonchev–Trinajstić information content (AvgIpc) is 3.30. The van der Waals surface area contributed by atoms with E-state index in [0.29, 0.717) is 5.69 Å². The fraction of sp³-hybridized carbons (Fsp3) is 0.250. The summed E-state index contributed by atoms with van der Waals surface area (Å²) in [5, 5.41) is 5.67. The fourth-order valence-electron chi connectivity index (χ4n) is 5.32. The summed E-state index contributed by atoms with van der Waals surface area (Å²) in [5.74, 6) is -0.782. The van der Waals surface area contributed by atoms with Gasteiger partial charge in [0, 0.05) is 18.0 Å². The Morgan fingerprint density at radius 2 is 1.33 bits per heavy atom. The fourth-order valence-corrected chi connectivity index (χ4v) is 5.32. The summed E-state index contributed by atoms with van der Waals surface area (Å²) in [5.41, 5.74) is 6.18. The van der Waals surface area contributed by atoms with Crippen molar-refractivity contribution in [1.82, 2.24) is 5.32 Å². The molecule has 1 unspecified atom stereocenters. The molecule has 0 fully saturated rings. The minimum absolute atomic E-state index is 0.0845. The van der Waals surface area contributed by atoms with Crippen LogP contribution in [0, 0.1) is 0 Å². The molecule has 7 nitrogen and oxygen atoms in total. The predicted octanol–water partition coefficient (Wildman–Crippen LogP) is 6.66. The largest absolute Gasteiger partial charge is 0.460 e. The highest BCUT2D eigenvalue weighted by atomic mass is 16.6. The van der Waals surface area contributed by atoms with Gasteiger partial charge in [0.2, 0.25) is 5.91 Å². The first-order valence-electron chi connectivity index (χ1n) is 14.4. The lowest BCUT2D eigenvalue weighted by molar-refractivity contribution is -0.153. The highest BCUT2D eigenvalue weighted by Crippen LogP contribution is 2.44. The third-order valence-corrected chi connectivity index (χ3v) is 7.22. The van der Waals surface area contributed by atoms with Gasteiger partial charge in [-0.15, -0.1) is 0 Å². The van der Waals surface area contributed by atoms with Gasteiger partial charge in [0.1, 0.15) is 18.2 Å². The Balaban J connectivity index is 1.24. The molecule has 0 spiro atoms. The van der Waals surface area contributed by atoms with E-state index in [2.05, 4.69) is 34.9 Å². The van der Waals surface area contributed by atoms with Gasteiger partial charge in [-0.2, -0.15) is 0 Å². The molecule has 0 aliphatic heterocycles. The first kappa shape index (κ1) is 29.6. The van der Waals surface area contributed by atoms with E-state index in [1.165, 1.54) is 0 Å². The van der Waals surface area contributed by atoms with Crippen molar-refractivity contribution in [2.24, 2.45) is 0 Å². The molecule has 5 rings (SSSR count). The van der Waals surface area contributed by atoms with E-state index in [4.69, 9.17) is 9.47 Å². The zero-order chi connectivity index (χ0) is 30.4. The van der Waals surface area contributed by atoms with E-state index < -0.39 is 17.7 Å². The van der Waals surface area contributed by atoms with Crippen molar-refractivity contribution >= 4 is 23.7 Å². The van der Waals surface area contributed by atoms with E-state index in [1.54, 1.807) is 24.3 Å². The molecule has 0 saturated carbocycles. The Kier molecular flexibility index (Phi) is 8.90. The number of nitrogens with one attached hydrogen (secondary N) is 2. The van der Waals surface area contributed by atoms with E-state index in [0.717, 1.165) is 33.4 Å². The van der Waals surface area contributed by atoms with Crippen LogP contribution in [-0.4, -0.2) is 36.2 Å². The van der Waals surface area contributed by atoms with Crippen LogP contribution in [0.3, 0.4) is 0 Å². The molecule has 0 bridgehead atoms. The average molecular weight is 577 g/mol. The van der Waals surface area contributed by atoms with Crippen molar-refractivity contribution < 1.29 is 23.9 Å². The van der Waals surface area contributed by atoms with Crippen LogP contribution in [0.15, 0.2) is 103 Å². The Morgan fingerprint density at radius 1 is 0.744 bits per heavy atom. The van der Waals surface area contributed by atoms with Crippen LogP contribution in [0.1, 0.15) is 48.9 Å². The molecule has 1 aliphatic rings. The maximum absolute atomic E-state index is 13.4. The van der Waals surface area contributed by atoms with Gasteiger partial charge in [-0.25, -0.2) is 4.79 Å². The lowest BCUT2D eigenvalue weighted by Crippen LogP contribution is -2.45. The maximum Gasteiger partial charge on any atom is 0.407 e. The first-order valence-corrected chi connectivity index (χ1v) is 14.4. The molecule has 0 radical (unpaired) electrons. The van der Waals surface area contributed by atoms with E-state index in [-0.39, 0.29) is 37.2 Å². The minimum atomic E-state index is -0.875. The molecule has 4 aromatic carbocycles. The number of ether oxygens (including phenoxy) is 2. The van der Waals surface area contributed by atoms with E-state index in [1.807, 2.05) is 75.4 Å². The summed E-state index contributed by atoms with van der Waals surface area (Å²) < 4.78 is 11.1. The quantitative estimate of drug-likeness (QED) is 0.217. The number of carbonyl (C=O) groups is 3. The van der Waals surface area contributed by atoms with Gasteiger partial charge in [-0.1, -0.05) is 91.0 Å². The van der Waals surface area contributed by atoms with Crippen LogP contribution < -0.4 is 10.6 Å². The smallest absolute Gasteiger partial charge is 0.407 e. The molecule has 2 N–H and O–H groups in total. The molecule has 4 aromatic rings. The van der Waals surface area contributed by atoms with Crippen molar-refractivity contribution in [3.05, 3.63) is 125 Å². The van der Waals surface area contributed by atoms with Crippen molar-refractivity contribution in [2.75, 3.05) is 11.9 Å². The van der Waals surface area contributed by atoms with Gasteiger partial charge in [0.25, 0.3) is 0 Å². The number of hydrogen-bond donors (Lipinski definition) is 2. The molecule has 1 aliphatic carbocycles. The van der Waals surface area contributed by atoms with Crippen LogP contribution in [-0.2, 0) is 31.9 Å². The summed E-state index contributed by atoms with van der Waals surface area (Å²) in [4.78, 5) is 38.6. The molecular formula is C36H36N2O5. The first-order chi connectivity index (χ1) is 20.7. The zero-order valence-corrected chi connectivity index (χ0v) is 24.6. The Hall–Kier alpha value is -4.91. The summed E-state index contributed by atoms with van der Waals surface area (Å²) in [7, 11) is 0. The summed E-state index contributed by atoms with van der Waals surface area (Å²) >= 11 is 0. The van der Waals surface area contributed by atoms with E-state index in [9.17, 15) is 14.4 Å². The van der Waals surface area contributed by atoms with Gasteiger partial charge >= 0.3 is 12.1 Å². The Morgan fingerprint density at radius 3 is 1.93 bits per heavy atom. The maximum atomic E-state index is 13.4. The topological polar surface area (TPSA) is 93.7 Å². The molecule has 7 heteroatoms. The SMILES string of the molecule is CC(C)(C)OC(=O)Cc1ccc(NC(=O)C(Cc2ccccc2)NC(=O)OCC2c3ccccc3-c3ccccc32)cc1. The number of anilines is 1. The molecule has 0 heterocycles. The highest BCUT2D eigenvalue weighted by Gasteiger charge is 2.30. The van der Waals surface area contributed by atoms with Crippen LogP contribution in [0.4, 0.5) is 10.5 Å². The van der Waals surface area contributed by atoms with Gasteiger partial charge < -0.3 is 20.1 Å². The molecule has 43 heavy (non-hydrogen) atoms. The second-order valence-corrected chi connectivity index (χ2v) is 11.7. The monoisotopic (exact) mass is 576 g/mol. The Labute approximate surface area is 252 Å². The molecule has 0 aromatic heterocycles. The predicted molar refractivity (Wildman–Crippen MR) is 167 cm³/mol. The van der Waals surface area contributed by atoms with Crippen LogP contribution >= 0.6 is 0 Å². The molecule has 220 valence electrons. The van der Waals surface area contributed by atoms with Gasteiger partial charge in [0.05, 0.1) is 6.42 Å². The van der Waals surface area contributed by atoms with E-state index >= 15 is 0 Å². The minimum Gasteiger partial charge on any atom is -0.460 e. The Bertz CT molecular complexity index is 1550. The second-order valence-electron chi connectivity index (χ2n) is 11.7. The summed E-state index contributed by atoms with van der Waals surface area (Å²) in [6, 6.07) is 31.9. The third kappa shape index (κ3) is 7.68. The molecular weight excluding hydrogens is 540 g/mol. The number of amides is 2. The third-order valence-electron chi connectivity index (χ3n) is 7.22. The number of carbonyl (C=O) groups excluding carboxylic acids is 3. The van der Waals surface area contributed by atoms with Crippen molar-refractivity contribution in [3.63, 3.8) is 0 Å². The van der Waals surface area contributed by atoms with Crippen LogP contribution in [0.5, 0.6) is 0 Å². The number of benzene rings is 4. The summed E-state index contributed by atoms with van der Waals surface area (Å²) in [6.45, 7) is 5.63. The number of hydrogen-bond acceptors (Lipinski definition) is 5. The van der Waals surface area contributed by atoms with Gasteiger partial charge in [-0.05, 0) is 66.3 Å². The number of rotatable bonds is 9. The van der Waals surface area contributed by atoms with Crippen molar-refractivity contribution in [2.45, 2.75) is 51.2 Å². The standard InChI is InChI=1S/C36H36N2O5/c1-36(2,3)43-33(39)22-25-17-19-26(20-18-25)37-34(40)32(21-24-11-5-4-6-12-24)38-35(41)42-23-31-29-15-9-7-13-27(29)28-14-8-10-16-30(28)31/h4-20,31-32H,21-23H2,1-3H3,(H,37,40)(H,38,41). The van der Waals surface area contributed by atoms with Crippen LogP contribution in [0.25, 0.3) is 11.1 Å². The number of alkyl carbamates (subject to hydrolysis) is 1. The molecule has 0 saturated heterocycles. The normalized spacial score (nSPS) is 12.9. The van der Waals surface area contributed by atoms with Crippen molar-refractivity contribution in [1.29, 1.82) is 0 Å². The summed E-state index contributed by atoms with van der Waals surface area (Å²) in [6.07, 6.45) is -0.246. The molecule has 1 atom stereocenters. The molecule has 2 amide bonds. The second kappa shape index (κ2) is 12.9. The van der Waals surface area contributed by atoms with Gasteiger partial charge in [-0.3, -0.25) is 9.59 Å². The number of fused-ring (bicyclic) bond motifs is 3. The van der Waals surface area contributed by atoms with Gasteiger partial charge in [0.15, 0.2) is 0 Å². The number of esters is 1. The van der Waals surface area contributed by atoms with Crippen molar-refractivity contribution in [3.8, 4) is 11.1 Å². The highest BCUT2D eigenvalue weighted by molar-refractivity contribution is 5.96. The van der Waals surface area contributed by atoms with Crippen LogP contribution in [0.2, 0.25) is 0 Å². The lowest BCUT2D eigenvalue weighted by atomic mass is 9.98. The lowest BCUT2D eigenvalue weighted by Gasteiger charge is -2.20.